The molecule has 5 nitrogen and oxygen atoms in total. The molecule has 0 bridgehead atoms. The minimum Gasteiger partial charge on any atom is -0.370 e. The van der Waals surface area contributed by atoms with Crippen LogP contribution in [0.3, 0.4) is 0 Å². The van der Waals surface area contributed by atoms with Crippen LogP contribution in [0.2, 0.25) is 0 Å². The molecule has 1 saturated heterocycles. The number of carbonyl (C=O) groups excluding carboxylic acids is 2. The zero-order valence-corrected chi connectivity index (χ0v) is 17.8. The number of carbonyl (C=O) groups is 2. The van der Waals surface area contributed by atoms with Gasteiger partial charge in [0.2, 0.25) is 11.8 Å². The van der Waals surface area contributed by atoms with Gasteiger partial charge in [0.05, 0.1) is 5.92 Å². The van der Waals surface area contributed by atoms with Crippen LogP contribution in [0, 0.1) is 11.8 Å². The fourth-order valence-corrected chi connectivity index (χ4v) is 5.84. The number of amides is 2. The van der Waals surface area contributed by atoms with Crippen LogP contribution in [-0.4, -0.2) is 41.9 Å². The molecule has 2 N–H and O–H groups in total. The summed E-state index contributed by atoms with van der Waals surface area (Å²) in [6.07, 6.45) is 7.47. The number of hydrogen-bond donors (Lipinski definition) is 1. The first-order valence-corrected chi connectivity index (χ1v) is 11.4. The highest BCUT2D eigenvalue weighted by Gasteiger charge is 2.42. The monoisotopic (exact) mass is 397 g/mol. The SMILES string of the molecule is CC(C)C1CCC(N2CCC(N3C(=O)C(CC(N)=O)c4ccccc43)CC2)CC1. The van der Waals surface area contributed by atoms with Gasteiger partial charge in [-0.2, -0.15) is 0 Å². The summed E-state index contributed by atoms with van der Waals surface area (Å²) in [6, 6.07) is 8.87. The van der Waals surface area contributed by atoms with Crippen molar-refractivity contribution in [2.45, 2.75) is 76.8 Å². The molecule has 0 spiro atoms. The third-order valence-electron chi connectivity index (χ3n) is 7.58. The number of para-hydroxylation sites is 1. The van der Waals surface area contributed by atoms with Crippen molar-refractivity contribution < 1.29 is 9.59 Å². The van der Waals surface area contributed by atoms with Crippen molar-refractivity contribution in [1.29, 1.82) is 0 Å². The van der Waals surface area contributed by atoms with Crippen LogP contribution in [0.5, 0.6) is 0 Å². The summed E-state index contributed by atoms with van der Waals surface area (Å²) in [7, 11) is 0. The Labute approximate surface area is 174 Å². The number of hydrogen-bond acceptors (Lipinski definition) is 3. The summed E-state index contributed by atoms with van der Waals surface area (Å²) in [5.74, 6) is 0.932. The van der Waals surface area contributed by atoms with Gasteiger partial charge < -0.3 is 15.5 Å². The Balaban J connectivity index is 1.40. The van der Waals surface area contributed by atoms with Gasteiger partial charge in [-0.1, -0.05) is 32.0 Å². The van der Waals surface area contributed by atoms with Crippen LogP contribution in [-0.2, 0) is 9.59 Å². The summed E-state index contributed by atoms with van der Waals surface area (Å²) in [5, 5.41) is 0. The highest BCUT2D eigenvalue weighted by Crippen LogP contribution is 2.42. The average molecular weight is 398 g/mol. The van der Waals surface area contributed by atoms with E-state index in [2.05, 4.69) is 18.7 Å². The summed E-state index contributed by atoms with van der Waals surface area (Å²) >= 11 is 0. The van der Waals surface area contributed by atoms with E-state index in [0.29, 0.717) is 0 Å². The largest absolute Gasteiger partial charge is 0.370 e. The molecule has 2 fully saturated rings. The highest BCUT2D eigenvalue weighted by atomic mass is 16.2. The highest BCUT2D eigenvalue weighted by molar-refractivity contribution is 6.07. The molecule has 1 aromatic rings. The molecular formula is C24H35N3O2. The molecule has 2 aliphatic heterocycles. The molecule has 5 heteroatoms. The first-order chi connectivity index (χ1) is 14.0. The molecule has 29 heavy (non-hydrogen) atoms. The van der Waals surface area contributed by atoms with Gasteiger partial charge in [-0.3, -0.25) is 9.59 Å². The summed E-state index contributed by atoms with van der Waals surface area (Å²) in [6.45, 7) is 6.84. The molecule has 1 aromatic carbocycles. The molecule has 2 heterocycles. The normalized spacial score (nSPS) is 28.7. The number of nitrogens with two attached hydrogens (primary N) is 1. The van der Waals surface area contributed by atoms with Crippen molar-refractivity contribution in [1.82, 2.24) is 4.90 Å². The zero-order chi connectivity index (χ0) is 20.5. The van der Waals surface area contributed by atoms with E-state index >= 15 is 0 Å². The third-order valence-corrected chi connectivity index (χ3v) is 7.58. The fourth-order valence-electron chi connectivity index (χ4n) is 5.84. The molecule has 1 aliphatic carbocycles. The summed E-state index contributed by atoms with van der Waals surface area (Å²) in [4.78, 5) is 29.4. The van der Waals surface area contributed by atoms with Gasteiger partial charge in [0.15, 0.2) is 0 Å². The molecule has 0 aromatic heterocycles. The third kappa shape index (κ3) is 4.07. The number of primary amides is 1. The Hall–Kier alpha value is -1.88. The summed E-state index contributed by atoms with van der Waals surface area (Å²) in [5.41, 5.74) is 7.38. The Morgan fingerprint density at radius 2 is 1.69 bits per heavy atom. The maximum Gasteiger partial charge on any atom is 0.235 e. The Kier molecular flexibility index (Phi) is 5.95. The van der Waals surface area contributed by atoms with Gasteiger partial charge in [-0.05, 0) is 62.0 Å². The number of benzene rings is 1. The van der Waals surface area contributed by atoms with Gasteiger partial charge in [0.1, 0.15) is 0 Å². The standard InChI is InChI=1S/C24H35N3O2/c1-16(2)17-7-9-18(10-8-17)26-13-11-19(12-14-26)27-22-6-4-3-5-20(22)21(24(27)29)15-23(25)28/h3-6,16-19,21H,7-15H2,1-2H3,(H2,25,28). The molecule has 3 aliphatic rings. The van der Waals surface area contributed by atoms with E-state index in [-0.39, 0.29) is 18.4 Å². The number of piperidine rings is 1. The van der Waals surface area contributed by atoms with E-state index in [1.54, 1.807) is 0 Å². The topological polar surface area (TPSA) is 66.6 Å². The van der Waals surface area contributed by atoms with Crippen LogP contribution in [0.1, 0.15) is 70.3 Å². The molecule has 158 valence electrons. The predicted octanol–water partition coefficient (Wildman–Crippen LogP) is 3.67. The van der Waals surface area contributed by atoms with Crippen LogP contribution >= 0.6 is 0 Å². The van der Waals surface area contributed by atoms with E-state index < -0.39 is 11.8 Å². The van der Waals surface area contributed by atoms with Crippen molar-refractivity contribution in [2.24, 2.45) is 17.6 Å². The van der Waals surface area contributed by atoms with Crippen molar-refractivity contribution in [2.75, 3.05) is 18.0 Å². The Morgan fingerprint density at radius 3 is 2.31 bits per heavy atom. The van der Waals surface area contributed by atoms with E-state index in [1.165, 1.54) is 25.7 Å². The van der Waals surface area contributed by atoms with Crippen LogP contribution < -0.4 is 10.6 Å². The van der Waals surface area contributed by atoms with E-state index in [9.17, 15) is 9.59 Å². The fraction of sp³-hybridized carbons (Fsp3) is 0.667. The minimum atomic E-state index is -0.410. The lowest BCUT2D eigenvalue weighted by Gasteiger charge is -2.43. The number of nitrogens with zero attached hydrogens (tertiary/aromatic N) is 2. The predicted molar refractivity (Wildman–Crippen MR) is 116 cm³/mol. The first-order valence-electron chi connectivity index (χ1n) is 11.4. The molecular weight excluding hydrogens is 362 g/mol. The Morgan fingerprint density at radius 1 is 1.03 bits per heavy atom. The lowest BCUT2D eigenvalue weighted by atomic mass is 9.79. The number of fused-ring (bicyclic) bond motifs is 1. The average Bonchev–Trinajstić information content (AvgIpc) is 2.99. The molecule has 1 saturated carbocycles. The van der Waals surface area contributed by atoms with E-state index in [0.717, 1.165) is 55.1 Å². The number of rotatable bonds is 5. The molecule has 1 unspecified atom stereocenters. The smallest absolute Gasteiger partial charge is 0.235 e. The lowest BCUT2D eigenvalue weighted by Crippen LogP contribution is -2.50. The van der Waals surface area contributed by atoms with Gasteiger partial charge in [-0.15, -0.1) is 0 Å². The minimum absolute atomic E-state index is 0.0564. The van der Waals surface area contributed by atoms with Gasteiger partial charge in [-0.25, -0.2) is 0 Å². The molecule has 1 atom stereocenters. The van der Waals surface area contributed by atoms with Gasteiger partial charge >= 0.3 is 0 Å². The van der Waals surface area contributed by atoms with Gasteiger partial charge in [0.25, 0.3) is 0 Å². The van der Waals surface area contributed by atoms with Crippen molar-refractivity contribution in [3.05, 3.63) is 29.8 Å². The van der Waals surface area contributed by atoms with Crippen molar-refractivity contribution in [3.8, 4) is 0 Å². The zero-order valence-electron chi connectivity index (χ0n) is 17.8. The van der Waals surface area contributed by atoms with Crippen LogP contribution in [0.4, 0.5) is 5.69 Å². The van der Waals surface area contributed by atoms with Gasteiger partial charge in [0, 0.05) is 37.3 Å². The van der Waals surface area contributed by atoms with Crippen molar-refractivity contribution in [3.63, 3.8) is 0 Å². The molecule has 4 rings (SSSR count). The number of likely N-dealkylation sites (tertiary alicyclic amines) is 1. The second-order valence-electron chi connectivity index (χ2n) is 9.57. The molecule has 2 amide bonds. The summed E-state index contributed by atoms with van der Waals surface area (Å²) < 4.78 is 0. The van der Waals surface area contributed by atoms with Crippen molar-refractivity contribution >= 4 is 17.5 Å². The second-order valence-corrected chi connectivity index (χ2v) is 9.57. The van der Waals surface area contributed by atoms with E-state index in [4.69, 9.17) is 5.73 Å². The second kappa shape index (κ2) is 8.47. The van der Waals surface area contributed by atoms with Crippen LogP contribution in [0.25, 0.3) is 0 Å². The Bertz CT molecular complexity index is 746. The quantitative estimate of drug-likeness (QED) is 0.824. The number of anilines is 1. The maximum atomic E-state index is 13.2. The first kappa shape index (κ1) is 20.4. The maximum absolute atomic E-state index is 13.2. The lowest BCUT2D eigenvalue weighted by molar-refractivity contribution is -0.124. The van der Waals surface area contributed by atoms with E-state index in [1.807, 2.05) is 29.2 Å². The molecule has 0 radical (unpaired) electrons. The van der Waals surface area contributed by atoms with Crippen LogP contribution in [0.15, 0.2) is 24.3 Å².